The zero-order chi connectivity index (χ0) is 13.0. The van der Waals surface area contributed by atoms with Gasteiger partial charge in [-0.05, 0) is 12.1 Å². The summed E-state index contributed by atoms with van der Waals surface area (Å²) < 4.78 is 0. The predicted octanol–water partition coefficient (Wildman–Crippen LogP) is 1.08. The van der Waals surface area contributed by atoms with Crippen LogP contribution in [0.25, 0.3) is 0 Å². The van der Waals surface area contributed by atoms with Crippen molar-refractivity contribution >= 4 is 18.2 Å². The Hall–Kier alpha value is -2.24. The second-order valence-electron chi connectivity index (χ2n) is 2.44. The highest BCUT2D eigenvalue weighted by atomic mass is 16.4. The Labute approximate surface area is 92.6 Å². The molecule has 0 aliphatic rings. The minimum absolute atomic E-state index is 0.618. The Morgan fingerprint density at radius 2 is 1.69 bits per heavy atom. The summed E-state index contributed by atoms with van der Waals surface area (Å²) in [6, 6.07) is 3.43. The zero-order valence-corrected chi connectivity index (χ0v) is 8.95. The Morgan fingerprint density at radius 3 is 1.88 bits per heavy atom. The molecule has 0 saturated carbocycles. The first-order valence-corrected chi connectivity index (χ1v) is 4.14. The first-order chi connectivity index (χ1) is 7.40. The lowest BCUT2D eigenvalue weighted by molar-refractivity contribution is -0.135. The smallest absolute Gasteiger partial charge is 0.300 e. The number of nitrogens with zero attached hydrogens (tertiary/aromatic N) is 1. The van der Waals surface area contributed by atoms with Crippen LogP contribution in [0.5, 0.6) is 0 Å². The second kappa shape index (κ2) is 10.8. The Kier molecular flexibility index (Phi) is 11.0. The van der Waals surface area contributed by atoms with E-state index in [9.17, 15) is 4.79 Å². The van der Waals surface area contributed by atoms with E-state index < -0.39 is 11.9 Å². The van der Waals surface area contributed by atoms with Gasteiger partial charge in [-0.2, -0.15) is 0 Å². The van der Waals surface area contributed by atoms with Crippen molar-refractivity contribution in [2.45, 2.75) is 13.8 Å². The van der Waals surface area contributed by atoms with Crippen LogP contribution in [0.1, 0.15) is 24.2 Å². The topological polar surface area (TPSA) is 105 Å². The minimum Gasteiger partial charge on any atom is -0.481 e. The Bertz CT molecular complexity index is 303. The van der Waals surface area contributed by atoms with E-state index in [0.29, 0.717) is 5.56 Å². The quantitative estimate of drug-likeness (QED) is 0.695. The van der Waals surface area contributed by atoms with Crippen LogP contribution in [0, 0.1) is 0 Å². The number of hydrogen-bond donors (Lipinski definition) is 2. The summed E-state index contributed by atoms with van der Waals surface area (Å²) in [5.74, 6) is -1.67. The number of carbonyl (C=O) groups excluding carboxylic acids is 1. The molecular formula is C10H13NO5. The Morgan fingerprint density at radius 1 is 1.25 bits per heavy atom. The molecule has 0 aliphatic carbocycles. The molecule has 1 aromatic rings. The van der Waals surface area contributed by atoms with Crippen molar-refractivity contribution in [3.8, 4) is 0 Å². The predicted molar refractivity (Wildman–Crippen MR) is 56.2 cm³/mol. The van der Waals surface area contributed by atoms with E-state index in [-0.39, 0.29) is 0 Å². The van der Waals surface area contributed by atoms with E-state index in [1.807, 2.05) is 0 Å². The van der Waals surface area contributed by atoms with Gasteiger partial charge >= 0.3 is 0 Å². The number of carboxylic acids is 2. The average molecular weight is 227 g/mol. The number of rotatable bonds is 1. The monoisotopic (exact) mass is 227 g/mol. The van der Waals surface area contributed by atoms with E-state index >= 15 is 0 Å². The average Bonchev–Trinajstić information content (AvgIpc) is 2.17. The number of aromatic nitrogens is 1. The highest BCUT2D eigenvalue weighted by Gasteiger charge is 1.81. The van der Waals surface area contributed by atoms with Crippen molar-refractivity contribution in [2.75, 3.05) is 0 Å². The number of aliphatic carboxylic acids is 2. The molecule has 0 bridgehead atoms. The fourth-order valence-corrected chi connectivity index (χ4v) is 0.446. The van der Waals surface area contributed by atoms with E-state index in [4.69, 9.17) is 19.8 Å². The van der Waals surface area contributed by atoms with Crippen LogP contribution in [-0.4, -0.2) is 33.4 Å². The van der Waals surface area contributed by atoms with Crippen LogP contribution in [-0.2, 0) is 9.59 Å². The molecule has 0 unspecified atom stereocenters. The molecule has 0 saturated heterocycles. The standard InChI is InChI=1S/C6H5NO.2C2H4O2/c8-5-6-2-1-3-7-4-6;2*1-2(3)4/h1-5H;2*1H3,(H,3,4). The first kappa shape index (κ1) is 16.2. The van der Waals surface area contributed by atoms with Crippen LogP contribution in [0.3, 0.4) is 0 Å². The maximum absolute atomic E-state index is 9.97. The van der Waals surface area contributed by atoms with Crippen LogP contribution in [0.15, 0.2) is 24.5 Å². The lowest BCUT2D eigenvalue weighted by Crippen LogP contribution is -1.78. The second-order valence-corrected chi connectivity index (χ2v) is 2.44. The molecule has 1 aromatic heterocycles. The van der Waals surface area contributed by atoms with Gasteiger partial charge in [0.15, 0.2) is 6.29 Å². The summed E-state index contributed by atoms with van der Waals surface area (Å²) in [5.41, 5.74) is 0.618. The van der Waals surface area contributed by atoms with Crippen molar-refractivity contribution in [3.63, 3.8) is 0 Å². The minimum atomic E-state index is -0.833. The van der Waals surface area contributed by atoms with E-state index in [1.54, 1.807) is 18.3 Å². The highest BCUT2D eigenvalue weighted by molar-refractivity contribution is 5.73. The molecule has 0 fully saturated rings. The number of carboxylic acid groups (broad SMARTS) is 2. The summed E-state index contributed by atoms with van der Waals surface area (Å²) >= 11 is 0. The van der Waals surface area contributed by atoms with Gasteiger partial charge in [-0.3, -0.25) is 19.4 Å². The molecule has 2 N–H and O–H groups in total. The maximum Gasteiger partial charge on any atom is 0.300 e. The number of carbonyl (C=O) groups is 3. The SMILES string of the molecule is CC(=O)O.CC(=O)O.O=Cc1cccnc1. The number of hydrogen-bond acceptors (Lipinski definition) is 4. The lowest BCUT2D eigenvalue weighted by atomic mass is 10.3. The first-order valence-electron chi connectivity index (χ1n) is 4.14. The van der Waals surface area contributed by atoms with Crippen molar-refractivity contribution < 1.29 is 24.6 Å². The van der Waals surface area contributed by atoms with Crippen molar-refractivity contribution in [3.05, 3.63) is 30.1 Å². The molecule has 6 heteroatoms. The van der Waals surface area contributed by atoms with Gasteiger partial charge in [0.2, 0.25) is 0 Å². The third kappa shape index (κ3) is 22.6. The molecule has 1 rings (SSSR count). The van der Waals surface area contributed by atoms with Crippen LogP contribution in [0.2, 0.25) is 0 Å². The van der Waals surface area contributed by atoms with Gasteiger partial charge in [-0.25, -0.2) is 0 Å². The third-order valence-electron chi connectivity index (χ3n) is 0.820. The van der Waals surface area contributed by atoms with Gasteiger partial charge in [0.25, 0.3) is 11.9 Å². The van der Waals surface area contributed by atoms with Gasteiger partial charge in [0, 0.05) is 31.8 Å². The van der Waals surface area contributed by atoms with Gasteiger partial charge in [-0.1, -0.05) is 0 Å². The van der Waals surface area contributed by atoms with E-state index in [1.165, 1.54) is 6.20 Å². The van der Waals surface area contributed by atoms with Gasteiger partial charge < -0.3 is 10.2 Å². The molecule has 16 heavy (non-hydrogen) atoms. The lowest BCUT2D eigenvalue weighted by Gasteiger charge is -1.81. The third-order valence-corrected chi connectivity index (χ3v) is 0.820. The normalized spacial score (nSPS) is 7.38. The van der Waals surface area contributed by atoms with Gasteiger partial charge in [0.05, 0.1) is 0 Å². The largest absolute Gasteiger partial charge is 0.481 e. The van der Waals surface area contributed by atoms with Gasteiger partial charge in [-0.15, -0.1) is 0 Å². The molecule has 0 radical (unpaired) electrons. The zero-order valence-electron chi connectivity index (χ0n) is 8.95. The Balaban J connectivity index is 0. The molecule has 6 nitrogen and oxygen atoms in total. The molecule has 0 aromatic carbocycles. The summed E-state index contributed by atoms with van der Waals surface area (Å²) in [6.07, 6.45) is 3.92. The van der Waals surface area contributed by atoms with Crippen molar-refractivity contribution in [2.24, 2.45) is 0 Å². The van der Waals surface area contributed by atoms with Crippen molar-refractivity contribution in [1.29, 1.82) is 0 Å². The number of pyridine rings is 1. The van der Waals surface area contributed by atoms with E-state index in [0.717, 1.165) is 20.1 Å². The highest BCUT2D eigenvalue weighted by Crippen LogP contribution is 1.87. The summed E-state index contributed by atoms with van der Waals surface area (Å²) in [5, 5.41) is 14.8. The number of aldehydes is 1. The molecule has 88 valence electrons. The fraction of sp³-hybridized carbons (Fsp3) is 0.200. The van der Waals surface area contributed by atoms with Crippen LogP contribution in [0.4, 0.5) is 0 Å². The summed E-state index contributed by atoms with van der Waals surface area (Å²) in [7, 11) is 0. The van der Waals surface area contributed by atoms with Gasteiger partial charge in [0.1, 0.15) is 0 Å². The fourth-order valence-electron chi connectivity index (χ4n) is 0.446. The molecule has 0 atom stereocenters. The molecular weight excluding hydrogens is 214 g/mol. The molecule has 1 heterocycles. The van der Waals surface area contributed by atoms with Crippen LogP contribution < -0.4 is 0 Å². The summed E-state index contributed by atoms with van der Waals surface area (Å²) in [4.78, 5) is 31.7. The summed E-state index contributed by atoms with van der Waals surface area (Å²) in [6.45, 7) is 2.17. The molecule has 0 amide bonds. The molecule has 0 aliphatic heterocycles. The molecule has 0 spiro atoms. The van der Waals surface area contributed by atoms with Crippen molar-refractivity contribution in [1.82, 2.24) is 4.98 Å². The maximum atomic E-state index is 9.97. The van der Waals surface area contributed by atoms with Crippen LogP contribution >= 0.6 is 0 Å². The van der Waals surface area contributed by atoms with E-state index in [2.05, 4.69) is 4.98 Å².